The Morgan fingerprint density at radius 2 is 2.19 bits per heavy atom. The van der Waals surface area contributed by atoms with Crippen LogP contribution in [0.25, 0.3) is 0 Å². The van der Waals surface area contributed by atoms with Gasteiger partial charge in [0.05, 0.1) is 0 Å². The fourth-order valence-corrected chi connectivity index (χ4v) is 4.11. The highest BCUT2D eigenvalue weighted by molar-refractivity contribution is 7.99. The molecule has 1 aromatic rings. The fourth-order valence-electron chi connectivity index (χ4n) is 2.97. The van der Waals surface area contributed by atoms with Gasteiger partial charge in [-0.25, -0.2) is 0 Å². The van der Waals surface area contributed by atoms with Crippen molar-refractivity contribution < 1.29 is 5.21 Å². The van der Waals surface area contributed by atoms with Crippen LogP contribution in [-0.2, 0) is 0 Å². The Morgan fingerprint density at radius 1 is 1.43 bits per heavy atom. The largest absolute Gasteiger partial charge is 0.409 e. The number of nitrogens with two attached hydrogens (primary N) is 1. The van der Waals surface area contributed by atoms with Crippen molar-refractivity contribution in [3.05, 3.63) is 35.9 Å². The zero-order chi connectivity index (χ0) is 15.1. The third-order valence-corrected chi connectivity index (χ3v) is 5.20. The number of oxime groups is 1. The molecule has 1 saturated carbocycles. The monoisotopic (exact) mass is 307 g/mol. The average molecular weight is 307 g/mol. The molecule has 0 heterocycles. The van der Waals surface area contributed by atoms with Crippen molar-refractivity contribution in [3.63, 3.8) is 0 Å². The summed E-state index contributed by atoms with van der Waals surface area (Å²) in [5.41, 5.74) is 6.91. The predicted molar refractivity (Wildman–Crippen MR) is 89.9 cm³/mol. The quantitative estimate of drug-likeness (QED) is 0.313. The van der Waals surface area contributed by atoms with Gasteiger partial charge in [-0.1, -0.05) is 42.4 Å². The van der Waals surface area contributed by atoms with E-state index in [-0.39, 0.29) is 11.9 Å². The minimum Gasteiger partial charge on any atom is -0.409 e. The van der Waals surface area contributed by atoms with Crippen molar-refractivity contribution in [2.45, 2.75) is 49.9 Å². The summed E-state index contributed by atoms with van der Waals surface area (Å²) in [4.78, 5) is 0. The molecular weight excluding hydrogens is 282 g/mol. The Morgan fingerprint density at radius 3 is 2.86 bits per heavy atom. The number of hydrogen-bond acceptors (Lipinski definition) is 4. The van der Waals surface area contributed by atoms with Gasteiger partial charge in [-0.05, 0) is 30.6 Å². The van der Waals surface area contributed by atoms with Gasteiger partial charge >= 0.3 is 0 Å². The summed E-state index contributed by atoms with van der Waals surface area (Å²) in [6.45, 7) is 2.22. The maximum atomic E-state index is 8.84. The van der Waals surface area contributed by atoms with Gasteiger partial charge in [-0.15, -0.1) is 0 Å². The highest BCUT2D eigenvalue weighted by atomic mass is 32.2. The number of benzene rings is 1. The van der Waals surface area contributed by atoms with E-state index in [2.05, 4.69) is 41.3 Å². The van der Waals surface area contributed by atoms with Gasteiger partial charge in [0.1, 0.15) is 5.84 Å². The van der Waals surface area contributed by atoms with Crippen LogP contribution in [0.2, 0.25) is 0 Å². The van der Waals surface area contributed by atoms with Gasteiger partial charge in [-0.3, -0.25) is 0 Å². The maximum Gasteiger partial charge on any atom is 0.141 e. The molecule has 0 amide bonds. The second-order valence-corrected chi connectivity index (χ2v) is 7.09. The van der Waals surface area contributed by atoms with Crippen molar-refractivity contribution in [2.75, 3.05) is 5.75 Å². The summed E-state index contributed by atoms with van der Waals surface area (Å²) >= 11 is 2.06. The standard InChI is InChI=1S/C16H25N3OS/c1-2-21-14-9-8-13(10-14)18-15(11-16(17)19-20)12-6-4-3-5-7-12/h3-7,13-15,18,20H,2,8-11H2,1H3,(H2,17,19). The molecule has 3 atom stereocenters. The molecule has 21 heavy (non-hydrogen) atoms. The molecule has 5 heteroatoms. The van der Waals surface area contributed by atoms with Gasteiger partial charge in [0.15, 0.2) is 0 Å². The lowest BCUT2D eigenvalue weighted by Gasteiger charge is -2.23. The lowest BCUT2D eigenvalue weighted by Crippen LogP contribution is -2.34. The van der Waals surface area contributed by atoms with Crippen LogP contribution < -0.4 is 11.1 Å². The lowest BCUT2D eigenvalue weighted by molar-refractivity contribution is 0.315. The zero-order valence-corrected chi connectivity index (χ0v) is 13.4. The van der Waals surface area contributed by atoms with Gasteiger partial charge in [0.2, 0.25) is 0 Å². The predicted octanol–water partition coefficient (Wildman–Crippen LogP) is 3.13. The molecule has 0 saturated heterocycles. The second kappa shape index (κ2) is 8.29. The van der Waals surface area contributed by atoms with Crippen LogP contribution in [0.4, 0.5) is 0 Å². The van der Waals surface area contributed by atoms with Crippen LogP contribution in [0, 0.1) is 0 Å². The number of nitrogens with one attached hydrogen (secondary N) is 1. The van der Waals surface area contributed by atoms with E-state index in [1.54, 1.807) is 0 Å². The average Bonchev–Trinajstić information content (AvgIpc) is 2.95. The van der Waals surface area contributed by atoms with E-state index in [1.165, 1.54) is 30.6 Å². The van der Waals surface area contributed by atoms with Crippen LogP contribution in [-0.4, -0.2) is 28.1 Å². The highest BCUT2D eigenvalue weighted by Crippen LogP contribution is 2.31. The summed E-state index contributed by atoms with van der Waals surface area (Å²) in [6, 6.07) is 10.9. The Kier molecular flexibility index (Phi) is 6.39. The molecule has 1 aromatic carbocycles. The molecule has 0 spiro atoms. The first-order valence-corrected chi connectivity index (χ1v) is 8.66. The first kappa shape index (κ1) is 16.2. The number of hydrogen-bond donors (Lipinski definition) is 3. The molecule has 0 aliphatic heterocycles. The van der Waals surface area contributed by atoms with E-state index in [0.717, 1.165) is 5.25 Å². The van der Waals surface area contributed by atoms with Crippen molar-refractivity contribution >= 4 is 17.6 Å². The molecule has 4 nitrogen and oxygen atoms in total. The number of thioether (sulfide) groups is 1. The van der Waals surface area contributed by atoms with E-state index in [9.17, 15) is 0 Å². The number of rotatable bonds is 7. The molecule has 1 fully saturated rings. The first-order chi connectivity index (χ1) is 10.2. The second-order valence-electron chi connectivity index (χ2n) is 5.51. The molecule has 0 aromatic heterocycles. The van der Waals surface area contributed by atoms with Gasteiger partial charge in [0, 0.05) is 23.8 Å². The summed E-state index contributed by atoms with van der Waals surface area (Å²) in [6.07, 6.45) is 4.22. The third-order valence-electron chi connectivity index (χ3n) is 3.97. The molecule has 0 radical (unpaired) electrons. The summed E-state index contributed by atoms with van der Waals surface area (Å²) in [5, 5.41) is 16.4. The summed E-state index contributed by atoms with van der Waals surface area (Å²) in [5.74, 6) is 1.46. The normalized spacial score (nSPS) is 24.1. The summed E-state index contributed by atoms with van der Waals surface area (Å²) < 4.78 is 0. The van der Waals surface area contributed by atoms with Crippen LogP contribution in [0.5, 0.6) is 0 Å². The van der Waals surface area contributed by atoms with Gasteiger partial charge in [-0.2, -0.15) is 11.8 Å². The van der Waals surface area contributed by atoms with Crippen LogP contribution in [0.1, 0.15) is 44.2 Å². The number of nitrogens with zero attached hydrogens (tertiary/aromatic N) is 1. The highest BCUT2D eigenvalue weighted by Gasteiger charge is 2.27. The van der Waals surface area contributed by atoms with E-state index in [4.69, 9.17) is 10.9 Å². The van der Waals surface area contributed by atoms with Gasteiger partial charge < -0.3 is 16.3 Å². The van der Waals surface area contributed by atoms with Gasteiger partial charge in [0.25, 0.3) is 0 Å². The van der Waals surface area contributed by atoms with Crippen molar-refractivity contribution in [1.29, 1.82) is 0 Å². The zero-order valence-electron chi connectivity index (χ0n) is 12.5. The van der Waals surface area contributed by atoms with E-state index < -0.39 is 0 Å². The Bertz CT molecular complexity index is 452. The van der Waals surface area contributed by atoms with Crippen LogP contribution in [0.3, 0.4) is 0 Å². The molecule has 1 aliphatic rings. The summed E-state index contributed by atoms with van der Waals surface area (Å²) in [7, 11) is 0. The first-order valence-electron chi connectivity index (χ1n) is 7.62. The lowest BCUT2D eigenvalue weighted by atomic mass is 10.0. The molecule has 2 rings (SSSR count). The molecule has 0 bridgehead atoms. The smallest absolute Gasteiger partial charge is 0.141 e. The van der Waals surface area contributed by atoms with Crippen molar-refractivity contribution in [3.8, 4) is 0 Å². The Balaban J connectivity index is 2.00. The SMILES string of the molecule is CCSC1CCC(NC(C/C(N)=N/O)c2ccccc2)C1. The molecule has 3 unspecified atom stereocenters. The molecular formula is C16H25N3OS. The minimum absolute atomic E-state index is 0.109. The third kappa shape index (κ3) is 4.93. The maximum absolute atomic E-state index is 8.84. The van der Waals surface area contributed by atoms with Crippen LogP contribution >= 0.6 is 11.8 Å². The minimum atomic E-state index is 0.109. The Labute approximate surface area is 131 Å². The van der Waals surface area contributed by atoms with Crippen LogP contribution in [0.15, 0.2) is 35.5 Å². The molecule has 1 aliphatic carbocycles. The van der Waals surface area contributed by atoms with E-state index in [1.807, 2.05) is 18.2 Å². The topological polar surface area (TPSA) is 70.6 Å². The van der Waals surface area contributed by atoms with E-state index >= 15 is 0 Å². The van der Waals surface area contributed by atoms with Crippen molar-refractivity contribution in [2.24, 2.45) is 10.9 Å². The van der Waals surface area contributed by atoms with E-state index in [0.29, 0.717) is 12.5 Å². The molecule has 4 N–H and O–H groups in total. The van der Waals surface area contributed by atoms with Crippen molar-refractivity contribution in [1.82, 2.24) is 5.32 Å². The fraction of sp³-hybridized carbons (Fsp3) is 0.562. The Hall–Kier alpha value is -1.20. The molecule has 116 valence electrons. The number of amidine groups is 1.